The Morgan fingerprint density at radius 1 is 1.43 bits per heavy atom. The summed E-state index contributed by atoms with van der Waals surface area (Å²) in [5, 5.41) is 25.2. The molecule has 120 valence electrons. The van der Waals surface area contributed by atoms with Crippen LogP contribution in [0, 0.1) is 20.8 Å². The van der Waals surface area contributed by atoms with Gasteiger partial charge >= 0.3 is 6.03 Å². The fourth-order valence-electron chi connectivity index (χ4n) is 2.02. The second kappa shape index (κ2) is 7.99. The van der Waals surface area contributed by atoms with Gasteiger partial charge in [0, 0.05) is 25.8 Å². The number of hydrogen-bond acceptors (Lipinski definition) is 4. The monoisotopic (exact) mass is 298 g/mol. The van der Waals surface area contributed by atoms with Crippen molar-refractivity contribution in [3.05, 3.63) is 17.0 Å². The Morgan fingerprint density at radius 3 is 2.62 bits per heavy atom. The fraction of sp³-hybridized carbons (Fsp3) is 0.714. The van der Waals surface area contributed by atoms with Gasteiger partial charge in [-0.3, -0.25) is 4.68 Å². The molecule has 0 saturated carbocycles. The van der Waals surface area contributed by atoms with Crippen LogP contribution in [0.5, 0.6) is 0 Å². The number of aliphatic hydroxyl groups is 2. The van der Waals surface area contributed by atoms with E-state index in [-0.39, 0.29) is 19.2 Å². The molecule has 3 N–H and O–H groups in total. The molecule has 1 heterocycles. The number of aryl methyl sites for hydroxylation is 2. The Kier molecular flexibility index (Phi) is 6.64. The molecule has 0 bridgehead atoms. The number of hydrogen-bond donors (Lipinski definition) is 3. The third-order valence-corrected chi connectivity index (χ3v) is 3.61. The summed E-state index contributed by atoms with van der Waals surface area (Å²) in [7, 11) is 1.58. The summed E-state index contributed by atoms with van der Waals surface area (Å²) in [6, 6.07) is -0.257. The number of aliphatic hydroxyl groups excluding tert-OH is 2. The first kappa shape index (κ1) is 17.5. The van der Waals surface area contributed by atoms with E-state index in [4.69, 9.17) is 5.11 Å². The highest BCUT2D eigenvalue weighted by Gasteiger charge is 2.12. The van der Waals surface area contributed by atoms with E-state index in [0.717, 1.165) is 24.4 Å². The third-order valence-electron chi connectivity index (χ3n) is 3.61. The van der Waals surface area contributed by atoms with Gasteiger partial charge < -0.3 is 20.4 Å². The molecule has 7 heteroatoms. The highest BCUT2D eigenvalue weighted by atomic mass is 16.3. The Balaban J connectivity index is 2.30. The lowest BCUT2D eigenvalue weighted by atomic mass is 10.2. The molecule has 0 spiro atoms. The number of likely N-dealkylation sites (N-methyl/N-ethyl adjacent to an activating group) is 1. The Morgan fingerprint density at radius 2 is 2.10 bits per heavy atom. The molecule has 0 aliphatic heterocycles. The molecule has 0 saturated heterocycles. The van der Waals surface area contributed by atoms with Crippen molar-refractivity contribution in [2.75, 3.05) is 26.7 Å². The van der Waals surface area contributed by atoms with Crippen LogP contribution >= 0.6 is 0 Å². The molecule has 2 amide bonds. The lowest BCUT2D eigenvalue weighted by Crippen LogP contribution is -2.42. The Bertz CT molecular complexity index is 473. The van der Waals surface area contributed by atoms with E-state index < -0.39 is 6.10 Å². The van der Waals surface area contributed by atoms with Crippen molar-refractivity contribution < 1.29 is 15.0 Å². The SMILES string of the molecule is Cc1nn(CCCNC(=O)N(C)C[C@@H](O)CO)c(C)c1C. The summed E-state index contributed by atoms with van der Waals surface area (Å²) in [6.07, 6.45) is -0.123. The molecule has 0 aromatic carbocycles. The first-order valence-electron chi connectivity index (χ1n) is 7.15. The second-order valence-corrected chi connectivity index (χ2v) is 5.32. The highest BCUT2D eigenvalue weighted by Crippen LogP contribution is 2.10. The Labute approximate surface area is 125 Å². The quantitative estimate of drug-likeness (QED) is 0.627. The van der Waals surface area contributed by atoms with Crippen LogP contribution in [0.2, 0.25) is 0 Å². The summed E-state index contributed by atoms with van der Waals surface area (Å²) < 4.78 is 1.95. The normalized spacial score (nSPS) is 12.3. The zero-order valence-corrected chi connectivity index (χ0v) is 13.3. The standard InChI is InChI=1S/C14H26N4O3/c1-10-11(2)16-18(12(10)3)7-5-6-15-14(21)17(4)8-13(20)9-19/h13,19-20H,5-9H2,1-4H3,(H,15,21)/t13-/m1/s1. The predicted molar refractivity (Wildman–Crippen MR) is 80.2 cm³/mol. The van der Waals surface area contributed by atoms with Gasteiger partial charge in [-0.05, 0) is 32.8 Å². The molecule has 0 fully saturated rings. The average Bonchev–Trinajstić information content (AvgIpc) is 2.70. The van der Waals surface area contributed by atoms with Crippen LogP contribution in [0.1, 0.15) is 23.4 Å². The van der Waals surface area contributed by atoms with Crippen LogP contribution < -0.4 is 5.32 Å². The molecule has 1 aromatic rings. The molecule has 0 radical (unpaired) electrons. The number of nitrogens with zero attached hydrogens (tertiary/aromatic N) is 3. The minimum absolute atomic E-state index is 0.110. The van der Waals surface area contributed by atoms with Crippen molar-refractivity contribution >= 4 is 6.03 Å². The maximum atomic E-state index is 11.7. The summed E-state index contributed by atoms with van der Waals surface area (Å²) >= 11 is 0. The summed E-state index contributed by atoms with van der Waals surface area (Å²) in [6.45, 7) is 7.13. The number of carbonyl (C=O) groups excluding carboxylic acids is 1. The third kappa shape index (κ3) is 5.02. The second-order valence-electron chi connectivity index (χ2n) is 5.32. The molecular formula is C14H26N4O3. The lowest BCUT2D eigenvalue weighted by molar-refractivity contribution is 0.0733. The van der Waals surface area contributed by atoms with E-state index in [9.17, 15) is 9.90 Å². The number of rotatable bonds is 7. The highest BCUT2D eigenvalue weighted by molar-refractivity contribution is 5.73. The minimum Gasteiger partial charge on any atom is -0.394 e. The van der Waals surface area contributed by atoms with Crippen LogP contribution in [0.3, 0.4) is 0 Å². The van der Waals surface area contributed by atoms with E-state index in [1.54, 1.807) is 7.05 Å². The van der Waals surface area contributed by atoms with Crippen LogP contribution in [0.25, 0.3) is 0 Å². The van der Waals surface area contributed by atoms with Gasteiger partial charge in [0.1, 0.15) is 0 Å². The first-order chi connectivity index (χ1) is 9.86. The Hall–Kier alpha value is -1.60. The van der Waals surface area contributed by atoms with Gasteiger partial charge in [0.15, 0.2) is 0 Å². The predicted octanol–water partition coefficient (Wildman–Crippen LogP) is 0.193. The van der Waals surface area contributed by atoms with Crippen LogP contribution in [0.4, 0.5) is 4.79 Å². The first-order valence-corrected chi connectivity index (χ1v) is 7.15. The molecule has 0 aliphatic carbocycles. The van der Waals surface area contributed by atoms with Crippen molar-refractivity contribution in [3.8, 4) is 0 Å². The zero-order chi connectivity index (χ0) is 16.0. The summed E-state index contributed by atoms with van der Waals surface area (Å²) in [4.78, 5) is 13.1. The summed E-state index contributed by atoms with van der Waals surface area (Å²) in [5.74, 6) is 0. The minimum atomic E-state index is -0.904. The van der Waals surface area contributed by atoms with Gasteiger partial charge in [-0.2, -0.15) is 5.10 Å². The van der Waals surface area contributed by atoms with Crippen LogP contribution in [-0.4, -0.2) is 63.8 Å². The van der Waals surface area contributed by atoms with Gasteiger partial charge in [-0.15, -0.1) is 0 Å². The maximum absolute atomic E-state index is 11.7. The van der Waals surface area contributed by atoms with Crippen molar-refractivity contribution in [2.45, 2.75) is 39.8 Å². The molecule has 1 aromatic heterocycles. The van der Waals surface area contributed by atoms with E-state index in [0.29, 0.717) is 6.54 Å². The van der Waals surface area contributed by atoms with Gasteiger partial charge in [-0.1, -0.05) is 0 Å². The molecule has 1 rings (SSSR count). The maximum Gasteiger partial charge on any atom is 0.317 e. The molecule has 0 unspecified atom stereocenters. The van der Waals surface area contributed by atoms with E-state index in [1.807, 2.05) is 18.5 Å². The van der Waals surface area contributed by atoms with Gasteiger partial charge in [0.2, 0.25) is 0 Å². The van der Waals surface area contributed by atoms with Crippen molar-refractivity contribution in [3.63, 3.8) is 0 Å². The molecule has 1 atom stereocenters. The van der Waals surface area contributed by atoms with Gasteiger partial charge in [-0.25, -0.2) is 4.79 Å². The topological polar surface area (TPSA) is 90.6 Å². The number of urea groups is 1. The molecular weight excluding hydrogens is 272 g/mol. The fourth-order valence-corrected chi connectivity index (χ4v) is 2.02. The summed E-state index contributed by atoms with van der Waals surface area (Å²) in [5.41, 5.74) is 3.40. The van der Waals surface area contributed by atoms with Crippen LogP contribution in [0.15, 0.2) is 0 Å². The molecule has 7 nitrogen and oxygen atoms in total. The smallest absolute Gasteiger partial charge is 0.317 e. The average molecular weight is 298 g/mol. The van der Waals surface area contributed by atoms with Gasteiger partial charge in [0.25, 0.3) is 0 Å². The molecule has 21 heavy (non-hydrogen) atoms. The lowest BCUT2D eigenvalue weighted by Gasteiger charge is -2.20. The van der Waals surface area contributed by atoms with Crippen molar-refractivity contribution in [1.82, 2.24) is 20.0 Å². The van der Waals surface area contributed by atoms with E-state index in [2.05, 4.69) is 17.3 Å². The number of amides is 2. The van der Waals surface area contributed by atoms with Crippen molar-refractivity contribution in [1.29, 1.82) is 0 Å². The number of carbonyl (C=O) groups is 1. The van der Waals surface area contributed by atoms with E-state index >= 15 is 0 Å². The number of nitrogens with one attached hydrogen (secondary N) is 1. The van der Waals surface area contributed by atoms with Crippen LogP contribution in [-0.2, 0) is 6.54 Å². The molecule has 0 aliphatic rings. The largest absolute Gasteiger partial charge is 0.394 e. The zero-order valence-electron chi connectivity index (χ0n) is 13.3. The van der Waals surface area contributed by atoms with Gasteiger partial charge in [0.05, 0.1) is 24.9 Å². The number of aromatic nitrogens is 2. The van der Waals surface area contributed by atoms with Crippen molar-refractivity contribution in [2.24, 2.45) is 0 Å². The van der Waals surface area contributed by atoms with E-state index in [1.165, 1.54) is 10.5 Å².